The Balaban J connectivity index is 1.82. The van der Waals surface area contributed by atoms with E-state index >= 15 is 0 Å². The van der Waals surface area contributed by atoms with Crippen LogP contribution in [0.2, 0.25) is 0 Å². The van der Waals surface area contributed by atoms with Crippen LogP contribution in [0.4, 0.5) is 0 Å². The molecule has 0 aromatic heterocycles. The van der Waals surface area contributed by atoms with Crippen molar-refractivity contribution >= 4 is 5.91 Å². The van der Waals surface area contributed by atoms with E-state index in [0.717, 1.165) is 49.2 Å². The second-order valence-electron chi connectivity index (χ2n) is 5.91. The van der Waals surface area contributed by atoms with E-state index < -0.39 is 0 Å². The van der Waals surface area contributed by atoms with Crippen molar-refractivity contribution in [2.24, 2.45) is 5.92 Å². The van der Waals surface area contributed by atoms with Crippen molar-refractivity contribution in [1.29, 1.82) is 0 Å². The Labute approximate surface area is 133 Å². The zero-order chi connectivity index (χ0) is 15.9. The molecule has 0 saturated heterocycles. The third-order valence-electron chi connectivity index (χ3n) is 4.28. The van der Waals surface area contributed by atoms with Crippen molar-refractivity contribution in [3.8, 4) is 11.5 Å². The average Bonchev–Trinajstić information content (AvgIpc) is 2.95. The SMILES string of the molecule is CCCC[C@@H](CC)C(=O)NC[C@H]1Cc2cc(OC)ccc2O1. The minimum Gasteiger partial charge on any atom is -0.497 e. The minimum absolute atomic E-state index is 0.0229. The molecule has 0 aliphatic carbocycles. The molecule has 1 N–H and O–H groups in total. The van der Waals surface area contributed by atoms with E-state index in [0.29, 0.717) is 6.54 Å². The molecule has 0 unspecified atom stereocenters. The van der Waals surface area contributed by atoms with Gasteiger partial charge in [-0.3, -0.25) is 4.79 Å². The van der Waals surface area contributed by atoms with Gasteiger partial charge in [-0.15, -0.1) is 0 Å². The van der Waals surface area contributed by atoms with Crippen molar-refractivity contribution in [2.45, 2.75) is 52.1 Å². The van der Waals surface area contributed by atoms with E-state index in [1.807, 2.05) is 18.2 Å². The number of carbonyl (C=O) groups is 1. The van der Waals surface area contributed by atoms with E-state index in [1.165, 1.54) is 0 Å². The lowest BCUT2D eigenvalue weighted by atomic mass is 9.98. The molecule has 122 valence electrons. The molecule has 1 amide bonds. The molecule has 0 spiro atoms. The quantitative estimate of drug-likeness (QED) is 0.801. The number of hydrogen-bond donors (Lipinski definition) is 1. The van der Waals surface area contributed by atoms with Gasteiger partial charge >= 0.3 is 0 Å². The summed E-state index contributed by atoms with van der Waals surface area (Å²) in [6.07, 6.45) is 4.95. The minimum atomic E-state index is 0.0229. The van der Waals surface area contributed by atoms with Crippen LogP contribution >= 0.6 is 0 Å². The maximum Gasteiger partial charge on any atom is 0.223 e. The van der Waals surface area contributed by atoms with Crippen LogP contribution in [-0.4, -0.2) is 25.7 Å². The molecule has 0 fully saturated rings. The van der Waals surface area contributed by atoms with Gasteiger partial charge in [-0.25, -0.2) is 0 Å². The van der Waals surface area contributed by atoms with Gasteiger partial charge in [0.05, 0.1) is 13.7 Å². The highest BCUT2D eigenvalue weighted by atomic mass is 16.5. The summed E-state index contributed by atoms with van der Waals surface area (Å²) in [7, 11) is 1.66. The number of methoxy groups -OCH3 is 1. The molecule has 1 heterocycles. The van der Waals surface area contributed by atoms with Crippen molar-refractivity contribution < 1.29 is 14.3 Å². The van der Waals surface area contributed by atoms with Crippen LogP contribution in [0.25, 0.3) is 0 Å². The first kappa shape index (κ1) is 16.7. The highest BCUT2D eigenvalue weighted by Gasteiger charge is 2.25. The zero-order valence-corrected chi connectivity index (χ0v) is 13.9. The Hall–Kier alpha value is -1.71. The van der Waals surface area contributed by atoms with E-state index in [-0.39, 0.29) is 17.9 Å². The number of rotatable bonds is 8. The van der Waals surface area contributed by atoms with Gasteiger partial charge in [-0.1, -0.05) is 26.7 Å². The standard InChI is InChI=1S/C18H27NO3/c1-4-6-7-13(5-2)18(20)19-12-16-11-14-10-15(21-3)8-9-17(14)22-16/h8-10,13,16H,4-7,11-12H2,1-3H3,(H,19,20)/t13-,16-/m1/s1. The average molecular weight is 305 g/mol. The van der Waals surface area contributed by atoms with Crippen LogP contribution in [-0.2, 0) is 11.2 Å². The summed E-state index contributed by atoms with van der Waals surface area (Å²) in [6, 6.07) is 5.84. The summed E-state index contributed by atoms with van der Waals surface area (Å²) >= 11 is 0. The molecule has 1 aromatic rings. The van der Waals surface area contributed by atoms with Gasteiger partial charge in [-0.2, -0.15) is 0 Å². The van der Waals surface area contributed by atoms with Crippen LogP contribution in [0.15, 0.2) is 18.2 Å². The Morgan fingerprint density at radius 1 is 1.45 bits per heavy atom. The number of fused-ring (bicyclic) bond motifs is 1. The molecule has 4 nitrogen and oxygen atoms in total. The van der Waals surface area contributed by atoms with Gasteiger partial charge in [0.2, 0.25) is 5.91 Å². The second-order valence-corrected chi connectivity index (χ2v) is 5.91. The number of amides is 1. The summed E-state index contributed by atoms with van der Waals surface area (Å²) in [5.41, 5.74) is 1.15. The summed E-state index contributed by atoms with van der Waals surface area (Å²) in [6.45, 7) is 4.80. The summed E-state index contributed by atoms with van der Waals surface area (Å²) in [5, 5.41) is 3.05. The molecule has 1 aliphatic heterocycles. The van der Waals surface area contributed by atoms with Crippen LogP contribution in [0, 0.1) is 5.92 Å². The summed E-state index contributed by atoms with van der Waals surface area (Å²) in [5.74, 6) is 2.03. The molecule has 0 radical (unpaired) electrons. The normalized spacial score (nSPS) is 17.5. The van der Waals surface area contributed by atoms with Crippen molar-refractivity contribution in [2.75, 3.05) is 13.7 Å². The lowest BCUT2D eigenvalue weighted by molar-refractivity contribution is -0.125. The van der Waals surface area contributed by atoms with E-state index in [4.69, 9.17) is 9.47 Å². The lowest BCUT2D eigenvalue weighted by Crippen LogP contribution is -2.37. The first-order chi connectivity index (χ1) is 10.7. The maximum atomic E-state index is 12.2. The monoisotopic (exact) mass is 305 g/mol. The topological polar surface area (TPSA) is 47.6 Å². The highest BCUT2D eigenvalue weighted by molar-refractivity contribution is 5.78. The fraction of sp³-hybridized carbons (Fsp3) is 0.611. The summed E-state index contributed by atoms with van der Waals surface area (Å²) < 4.78 is 11.1. The number of carbonyl (C=O) groups excluding carboxylic acids is 1. The molecule has 1 aliphatic rings. The molecular weight excluding hydrogens is 278 g/mol. The van der Waals surface area contributed by atoms with Crippen LogP contribution in [0.1, 0.15) is 45.1 Å². The summed E-state index contributed by atoms with van der Waals surface area (Å²) in [4.78, 5) is 12.2. The number of unbranched alkanes of at least 4 members (excludes halogenated alkanes) is 1. The number of ether oxygens (including phenoxy) is 2. The van der Waals surface area contributed by atoms with Gasteiger partial charge in [-0.05, 0) is 31.0 Å². The number of hydrogen-bond acceptors (Lipinski definition) is 3. The van der Waals surface area contributed by atoms with E-state index in [1.54, 1.807) is 7.11 Å². The molecule has 2 rings (SSSR count). The first-order valence-corrected chi connectivity index (χ1v) is 8.29. The first-order valence-electron chi connectivity index (χ1n) is 8.29. The fourth-order valence-corrected chi connectivity index (χ4v) is 2.87. The Morgan fingerprint density at radius 3 is 2.95 bits per heavy atom. The Kier molecular flexibility index (Phi) is 6.10. The van der Waals surface area contributed by atoms with Gasteiger partial charge in [0, 0.05) is 17.9 Å². The predicted molar refractivity (Wildman–Crippen MR) is 87.4 cm³/mol. The van der Waals surface area contributed by atoms with Gasteiger partial charge in [0.1, 0.15) is 17.6 Å². The zero-order valence-electron chi connectivity index (χ0n) is 13.9. The van der Waals surface area contributed by atoms with Crippen molar-refractivity contribution in [1.82, 2.24) is 5.32 Å². The number of nitrogens with one attached hydrogen (secondary N) is 1. The van der Waals surface area contributed by atoms with Crippen molar-refractivity contribution in [3.05, 3.63) is 23.8 Å². The van der Waals surface area contributed by atoms with E-state index in [2.05, 4.69) is 19.2 Å². The van der Waals surface area contributed by atoms with Gasteiger partial charge in [0.15, 0.2) is 0 Å². The molecule has 0 bridgehead atoms. The molecule has 2 atom stereocenters. The maximum absolute atomic E-state index is 12.2. The molecule has 0 saturated carbocycles. The largest absolute Gasteiger partial charge is 0.497 e. The van der Waals surface area contributed by atoms with Gasteiger partial charge < -0.3 is 14.8 Å². The molecular formula is C18H27NO3. The lowest BCUT2D eigenvalue weighted by Gasteiger charge is -2.17. The van der Waals surface area contributed by atoms with Crippen LogP contribution in [0.5, 0.6) is 11.5 Å². The molecule has 1 aromatic carbocycles. The smallest absolute Gasteiger partial charge is 0.223 e. The third kappa shape index (κ3) is 4.15. The predicted octanol–water partition coefficient (Wildman–Crippen LogP) is 3.33. The van der Waals surface area contributed by atoms with Crippen molar-refractivity contribution in [3.63, 3.8) is 0 Å². The highest BCUT2D eigenvalue weighted by Crippen LogP contribution is 2.31. The Bertz CT molecular complexity index is 501. The number of benzene rings is 1. The Morgan fingerprint density at radius 2 is 2.27 bits per heavy atom. The van der Waals surface area contributed by atoms with E-state index in [9.17, 15) is 4.79 Å². The second kappa shape index (κ2) is 8.06. The van der Waals surface area contributed by atoms with Crippen LogP contribution in [0.3, 0.4) is 0 Å². The third-order valence-corrected chi connectivity index (χ3v) is 4.28. The fourth-order valence-electron chi connectivity index (χ4n) is 2.87. The van der Waals surface area contributed by atoms with Crippen LogP contribution < -0.4 is 14.8 Å². The molecule has 22 heavy (non-hydrogen) atoms. The molecule has 4 heteroatoms. The van der Waals surface area contributed by atoms with Gasteiger partial charge in [0.25, 0.3) is 0 Å².